The number of nitrogens with zero attached hydrogens (tertiary/aromatic N) is 1. The van der Waals surface area contributed by atoms with Gasteiger partial charge in [0.25, 0.3) is 0 Å². The van der Waals surface area contributed by atoms with Crippen LogP contribution in [-0.4, -0.2) is 52.4 Å². The number of hydrogen-bond acceptors (Lipinski definition) is 9. The highest BCUT2D eigenvalue weighted by atomic mass is 32.1. The predicted octanol–water partition coefficient (Wildman–Crippen LogP) is 2.53. The fourth-order valence-electron chi connectivity index (χ4n) is 3.52. The minimum Gasteiger partial charge on any atom is -0.493 e. The number of rotatable bonds is 7. The highest BCUT2D eigenvalue weighted by Gasteiger charge is 2.28. The van der Waals surface area contributed by atoms with Crippen LogP contribution in [0.2, 0.25) is 0 Å². The lowest BCUT2D eigenvalue weighted by atomic mass is 9.95. The third-order valence-electron chi connectivity index (χ3n) is 5.06. The lowest BCUT2D eigenvalue weighted by Gasteiger charge is -2.12. The molecular weight excluding hydrogens is 450 g/mol. The number of anilines is 1. The van der Waals surface area contributed by atoms with Crippen LogP contribution in [0, 0.1) is 0 Å². The first-order valence-corrected chi connectivity index (χ1v) is 10.9. The second kappa shape index (κ2) is 10.8. The maximum absolute atomic E-state index is 12.4. The van der Waals surface area contributed by atoms with Crippen molar-refractivity contribution in [1.29, 1.82) is 0 Å². The zero-order chi connectivity index (χ0) is 24.0. The number of esters is 1. The number of thiophene rings is 1. The molecule has 0 saturated carbocycles. The maximum atomic E-state index is 12.4. The number of aryl methyl sites for hydroxylation is 1. The molecule has 2 amide bonds. The monoisotopic (exact) mass is 475 g/mol. The van der Waals surface area contributed by atoms with Crippen LogP contribution < -0.4 is 25.0 Å². The molecule has 0 spiro atoms. The molecule has 1 aromatic heterocycles. The van der Waals surface area contributed by atoms with Gasteiger partial charge in [-0.15, -0.1) is 11.3 Å². The first-order chi connectivity index (χ1) is 15.9. The summed E-state index contributed by atoms with van der Waals surface area (Å²) < 4.78 is 20.7. The third-order valence-corrected chi connectivity index (χ3v) is 6.27. The molecule has 0 saturated heterocycles. The molecule has 1 heterocycles. The van der Waals surface area contributed by atoms with E-state index in [9.17, 15) is 14.4 Å². The zero-order valence-electron chi connectivity index (χ0n) is 18.8. The molecule has 0 fully saturated rings. The highest BCUT2D eigenvalue weighted by Crippen LogP contribution is 2.39. The highest BCUT2D eigenvalue weighted by molar-refractivity contribution is 7.17. The van der Waals surface area contributed by atoms with Crippen LogP contribution in [0.4, 0.5) is 5.00 Å². The number of ether oxygens (including phenoxy) is 4. The van der Waals surface area contributed by atoms with Gasteiger partial charge in [0, 0.05) is 10.4 Å². The van der Waals surface area contributed by atoms with E-state index in [1.807, 2.05) is 0 Å². The summed E-state index contributed by atoms with van der Waals surface area (Å²) in [6.07, 6.45) is 4.86. The summed E-state index contributed by atoms with van der Waals surface area (Å²) in [7, 11) is 5.73. The van der Waals surface area contributed by atoms with Crippen LogP contribution >= 0.6 is 11.3 Å². The molecule has 2 aromatic rings. The van der Waals surface area contributed by atoms with Crippen LogP contribution in [0.3, 0.4) is 0 Å². The molecule has 0 unspecified atom stereocenters. The Morgan fingerprint density at radius 2 is 1.64 bits per heavy atom. The minimum atomic E-state index is -0.985. The third kappa shape index (κ3) is 5.25. The Balaban J connectivity index is 1.71. The Kier molecular flexibility index (Phi) is 7.88. The number of hydrogen-bond donors (Lipinski definition) is 2. The topological polar surface area (TPSA) is 125 Å². The summed E-state index contributed by atoms with van der Waals surface area (Å²) >= 11 is 1.29. The van der Waals surface area contributed by atoms with Crippen LogP contribution in [0.1, 0.15) is 39.2 Å². The molecule has 0 atom stereocenters. The smallest absolute Gasteiger partial charge is 0.341 e. The number of methoxy groups -OCH3 is 4. The fraction of sp³-hybridized carbons (Fsp3) is 0.364. The van der Waals surface area contributed by atoms with E-state index in [2.05, 4.69) is 15.8 Å². The van der Waals surface area contributed by atoms with Gasteiger partial charge in [-0.25, -0.2) is 10.2 Å². The van der Waals surface area contributed by atoms with E-state index in [1.54, 1.807) is 12.1 Å². The SMILES string of the molecule is COC(=O)c1c(NC(=O)C(=O)N/N=C/c2cc(OC)c(OC)c(OC)c2)sc2c1CCCC2. The van der Waals surface area contributed by atoms with Crippen LogP contribution in [-0.2, 0) is 27.2 Å². The average Bonchev–Trinajstić information content (AvgIpc) is 3.20. The Hall–Kier alpha value is -3.60. The van der Waals surface area contributed by atoms with E-state index in [-0.39, 0.29) is 0 Å². The molecule has 1 aliphatic carbocycles. The number of hydrazone groups is 1. The Morgan fingerprint density at radius 1 is 0.970 bits per heavy atom. The Bertz CT molecular complexity index is 1070. The van der Waals surface area contributed by atoms with Crippen LogP contribution in [0.5, 0.6) is 17.2 Å². The van der Waals surface area contributed by atoms with E-state index in [4.69, 9.17) is 18.9 Å². The van der Waals surface area contributed by atoms with Crippen molar-refractivity contribution in [3.8, 4) is 17.2 Å². The first kappa shape index (κ1) is 24.1. The Morgan fingerprint density at radius 3 is 2.24 bits per heavy atom. The van der Waals surface area contributed by atoms with E-state index >= 15 is 0 Å². The average molecular weight is 476 g/mol. The van der Waals surface area contributed by atoms with Crippen LogP contribution in [0.25, 0.3) is 0 Å². The van der Waals surface area contributed by atoms with Gasteiger partial charge in [0.05, 0.1) is 40.2 Å². The molecule has 0 radical (unpaired) electrons. The van der Waals surface area contributed by atoms with E-state index in [0.717, 1.165) is 36.1 Å². The number of carbonyl (C=O) groups excluding carboxylic acids is 3. The normalized spacial score (nSPS) is 12.6. The number of amides is 2. The predicted molar refractivity (Wildman–Crippen MR) is 123 cm³/mol. The van der Waals surface area contributed by atoms with Crippen molar-refractivity contribution in [3.05, 3.63) is 33.7 Å². The number of fused-ring (bicyclic) bond motifs is 1. The van der Waals surface area contributed by atoms with Crippen LogP contribution in [0.15, 0.2) is 17.2 Å². The van der Waals surface area contributed by atoms with Gasteiger partial charge in [0.2, 0.25) is 5.75 Å². The molecular formula is C22H25N3O7S. The molecule has 11 heteroatoms. The van der Waals surface area contributed by atoms with Gasteiger partial charge in [-0.3, -0.25) is 9.59 Å². The van der Waals surface area contributed by atoms with Crippen molar-refractivity contribution >= 4 is 40.3 Å². The van der Waals surface area contributed by atoms with Gasteiger partial charge in [0.1, 0.15) is 5.00 Å². The number of benzene rings is 1. The molecule has 3 rings (SSSR count). The van der Waals surface area contributed by atoms with Gasteiger partial charge >= 0.3 is 17.8 Å². The summed E-state index contributed by atoms with van der Waals surface area (Å²) in [5.74, 6) is -1.22. The molecule has 10 nitrogen and oxygen atoms in total. The lowest BCUT2D eigenvalue weighted by molar-refractivity contribution is -0.136. The van der Waals surface area contributed by atoms with Gasteiger partial charge in [-0.1, -0.05) is 0 Å². The van der Waals surface area contributed by atoms with Gasteiger partial charge in [-0.05, 0) is 43.4 Å². The summed E-state index contributed by atoms with van der Waals surface area (Å²) in [6, 6.07) is 3.27. The summed E-state index contributed by atoms with van der Waals surface area (Å²) in [6.45, 7) is 0. The number of nitrogens with one attached hydrogen (secondary N) is 2. The standard InChI is InChI=1S/C22H25N3O7S/c1-29-14-9-12(10-15(30-2)18(14)31-3)11-23-25-20(27)19(26)24-21-17(22(28)32-4)13-7-5-6-8-16(13)33-21/h9-11H,5-8H2,1-4H3,(H,24,26)(H,25,27)/b23-11+. The second-order valence-electron chi connectivity index (χ2n) is 7.02. The largest absolute Gasteiger partial charge is 0.493 e. The minimum absolute atomic E-state index is 0.308. The van der Waals surface area contributed by atoms with Gasteiger partial charge in [-0.2, -0.15) is 5.10 Å². The molecule has 0 bridgehead atoms. The van der Waals surface area contributed by atoms with Gasteiger partial charge < -0.3 is 24.3 Å². The molecule has 176 valence electrons. The first-order valence-electron chi connectivity index (χ1n) is 10.1. The molecule has 0 aliphatic heterocycles. The van der Waals surface area contributed by atoms with Gasteiger partial charge in [0.15, 0.2) is 11.5 Å². The van der Waals surface area contributed by atoms with Crippen molar-refractivity contribution in [1.82, 2.24) is 5.43 Å². The van der Waals surface area contributed by atoms with Crippen molar-refractivity contribution < 1.29 is 33.3 Å². The van der Waals surface area contributed by atoms with E-state index in [0.29, 0.717) is 33.4 Å². The summed E-state index contributed by atoms with van der Waals surface area (Å²) in [4.78, 5) is 38.0. The fourth-order valence-corrected chi connectivity index (χ4v) is 4.80. The van der Waals surface area contributed by atoms with E-state index in [1.165, 1.54) is 46.0 Å². The molecule has 1 aliphatic rings. The lowest BCUT2D eigenvalue weighted by Crippen LogP contribution is -2.32. The van der Waals surface area contributed by atoms with Crippen molar-refractivity contribution in [3.63, 3.8) is 0 Å². The maximum Gasteiger partial charge on any atom is 0.341 e. The molecule has 1 aromatic carbocycles. The quantitative estimate of drug-likeness (QED) is 0.273. The van der Waals surface area contributed by atoms with Crippen molar-refractivity contribution in [2.45, 2.75) is 25.7 Å². The van der Waals surface area contributed by atoms with Crippen molar-refractivity contribution in [2.24, 2.45) is 5.10 Å². The van der Waals surface area contributed by atoms with E-state index < -0.39 is 17.8 Å². The zero-order valence-corrected chi connectivity index (χ0v) is 19.6. The second-order valence-corrected chi connectivity index (χ2v) is 8.12. The molecule has 33 heavy (non-hydrogen) atoms. The van der Waals surface area contributed by atoms with Crippen molar-refractivity contribution in [2.75, 3.05) is 33.8 Å². The Labute approximate surface area is 194 Å². The summed E-state index contributed by atoms with van der Waals surface area (Å²) in [5, 5.41) is 6.65. The number of carbonyl (C=O) groups is 3. The molecule has 2 N–H and O–H groups in total. The summed E-state index contributed by atoms with van der Waals surface area (Å²) in [5.41, 5.74) is 3.92.